The molecule has 1 unspecified atom stereocenters. The van der Waals surface area contributed by atoms with E-state index < -0.39 is 0 Å². The van der Waals surface area contributed by atoms with E-state index in [1.807, 2.05) is 37.4 Å². The zero-order chi connectivity index (χ0) is 13.4. The molecule has 0 saturated carbocycles. The van der Waals surface area contributed by atoms with Crippen molar-refractivity contribution in [1.82, 2.24) is 5.32 Å². The van der Waals surface area contributed by atoms with Crippen LogP contribution in [-0.2, 0) is 9.53 Å². The van der Waals surface area contributed by atoms with E-state index in [2.05, 4.69) is 10.6 Å². The smallest absolute Gasteiger partial charge is 0.239 e. The molecular formula is C13H20N2O2S. The molecule has 0 aliphatic carbocycles. The van der Waals surface area contributed by atoms with E-state index >= 15 is 0 Å². The van der Waals surface area contributed by atoms with Crippen LogP contribution in [0, 0.1) is 0 Å². The van der Waals surface area contributed by atoms with Crippen LogP contribution >= 0.6 is 11.8 Å². The van der Waals surface area contributed by atoms with Crippen LogP contribution < -0.4 is 10.6 Å². The second kappa shape index (κ2) is 8.00. The maximum atomic E-state index is 11.6. The van der Waals surface area contributed by atoms with Crippen molar-refractivity contribution in [3.05, 3.63) is 24.3 Å². The Hall–Kier alpha value is -1.20. The van der Waals surface area contributed by atoms with Crippen molar-refractivity contribution >= 4 is 23.4 Å². The Morgan fingerprint density at radius 3 is 2.94 bits per heavy atom. The summed E-state index contributed by atoms with van der Waals surface area (Å²) in [5, 5.41) is 5.95. The molecule has 1 aromatic rings. The van der Waals surface area contributed by atoms with Gasteiger partial charge < -0.3 is 15.4 Å². The minimum absolute atomic E-state index is 0.0295. The van der Waals surface area contributed by atoms with Gasteiger partial charge in [0.1, 0.15) is 0 Å². The molecule has 5 heteroatoms. The Morgan fingerprint density at radius 2 is 2.28 bits per heavy atom. The molecule has 1 rings (SSSR count). The Kier molecular flexibility index (Phi) is 6.60. The first kappa shape index (κ1) is 14.9. The number of amides is 1. The number of nitrogens with one attached hydrogen (secondary N) is 2. The van der Waals surface area contributed by atoms with Crippen molar-refractivity contribution in [2.75, 3.05) is 31.8 Å². The van der Waals surface area contributed by atoms with E-state index in [0.717, 1.165) is 5.69 Å². The average molecular weight is 268 g/mol. The first-order valence-corrected chi connectivity index (χ1v) is 7.04. The third-order valence-corrected chi connectivity index (χ3v) is 3.07. The number of thioether (sulfide) groups is 1. The summed E-state index contributed by atoms with van der Waals surface area (Å²) in [6, 6.07) is 8.01. The highest BCUT2D eigenvalue weighted by molar-refractivity contribution is 7.98. The van der Waals surface area contributed by atoms with Crippen molar-refractivity contribution in [3.63, 3.8) is 0 Å². The van der Waals surface area contributed by atoms with E-state index in [1.165, 1.54) is 4.90 Å². The molecule has 0 radical (unpaired) electrons. The predicted octanol–water partition coefficient (Wildman–Crippen LogP) is 1.97. The number of benzene rings is 1. The van der Waals surface area contributed by atoms with E-state index in [9.17, 15) is 4.79 Å². The Labute approximate surface area is 112 Å². The van der Waals surface area contributed by atoms with Crippen LogP contribution in [0.4, 0.5) is 5.69 Å². The Balaban J connectivity index is 2.37. The molecule has 1 atom stereocenters. The molecule has 0 aromatic heterocycles. The van der Waals surface area contributed by atoms with Gasteiger partial charge in [-0.2, -0.15) is 0 Å². The lowest BCUT2D eigenvalue weighted by molar-refractivity contribution is -0.120. The number of carbonyl (C=O) groups excluding carboxylic acids is 1. The zero-order valence-electron chi connectivity index (χ0n) is 11.0. The highest BCUT2D eigenvalue weighted by Crippen LogP contribution is 2.18. The molecule has 0 aliphatic rings. The van der Waals surface area contributed by atoms with Gasteiger partial charge in [-0.05, 0) is 31.4 Å². The number of carbonyl (C=O) groups is 1. The minimum Gasteiger partial charge on any atom is -0.383 e. The van der Waals surface area contributed by atoms with E-state index in [-0.39, 0.29) is 18.5 Å². The van der Waals surface area contributed by atoms with Gasteiger partial charge in [0.2, 0.25) is 5.91 Å². The molecule has 0 spiro atoms. The average Bonchev–Trinajstić information content (AvgIpc) is 2.37. The Bertz CT molecular complexity index is 385. The standard InChI is InChI=1S/C13H20N2O2S/c1-10(9-17-2)15-13(16)8-14-11-5-4-6-12(7-11)18-3/h4-7,10,14H,8-9H2,1-3H3,(H,15,16). The molecule has 1 aromatic carbocycles. The van der Waals surface area contributed by atoms with Gasteiger partial charge in [-0.25, -0.2) is 0 Å². The fraction of sp³-hybridized carbons (Fsp3) is 0.462. The van der Waals surface area contributed by atoms with Gasteiger partial charge in [0.25, 0.3) is 0 Å². The maximum Gasteiger partial charge on any atom is 0.239 e. The maximum absolute atomic E-state index is 11.6. The molecule has 100 valence electrons. The molecule has 2 N–H and O–H groups in total. The summed E-state index contributed by atoms with van der Waals surface area (Å²) in [5.41, 5.74) is 0.955. The van der Waals surface area contributed by atoms with Gasteiger partial charge in [0.05, 0.1) is 13.2 Å². The van der Waals surface area contributed by atoms with Crippen molar-refractivity contribution in [2.45, 2.75) is 17.9 Å². The molecular weight excluding hydrogens is 248 g/mol. The quantitative estimate of drug-likeness (QED) is 0.742. The second-order valence-corrected chi connectivity index (χ2v) is 4.89. The van der Waals surface area contributed by atoms with Crippen LogP contribution in [0.5, 0.6) is 0 Å². The monoisotopic (exact) mass is 268 g/mol. The molecule has 18 heavy (non-hydrogen) atoms. The topological polar surface area (TPSA) is 50.4 Å². The third kappa shape index (κ3) is 5.42. The summed E-state index contributed by atoms with van der Waals surface area (Å²) < 4.78 is 4.96. The van der Waals surface area contributed by atoms with Gasteiger partial charge >= 0.3 is 0 Å². The second-order valence-electron chi connectivity index (χ2n) is 4.01. The van der Waals surface area contributed by atoms with Gasteiger partial charge in [-0.15, -0.1) is 11.8 Å². The summed E-state index contributed by atoms with van der Waals surface area (Å²) in [6.07, 6.45) is 2.03. The summed E-state index contributed by atoms with van der Waals surface area (Å²) in [4.78, 5) is 12.8. The first-order chi connectivity index (χ1) is 8.65. The van der Waals surface area contributed by atoms with Crippen molar-refractivity contribution in [1.29, 1.82) is 0 Å². The number of anilines is 1. The van der Waals surface area contributed by atoms with Crippen LogP contribution in [0.2, 0.25) is 0 Å². The van der Waals surface area contributed by atoms with Gasteiger partial charge in [0.15, 0.2) is 0 Å². The van der Waals surface area contributed by atoms with Crippen LogP contribution in [-0.4, -0.2) is 38.5 Å². The number of ether oxygens (including phenoxy) is 1. The molecule has 0 fully saturated rings. The van der Waals surface area contributed by atoms with Crippen LogP contribution in [0.3, 0.4) is 0 Å². The molecule has 4 nitrogen and oxygen atoms in total. The number of hydrogen-bond donors (Lipinski definition) is 2. The van der Waals surface area contributed by atoms with Gasteiger partial charge in [-0.1, -0.05) is 6.07 Å². The first-order valence-electron chi connectivity index (χ1n) is 5.82. The predicted molar refractivity (Wildman–Crippen MR) is 76.2 cm³/mol. The fourth-order valence-electron chi connectivity index (χ4n) is 1.53. The summed E-state index contributed by atoms with van der Waals surface area (Å²) >= 11 is 1.68. The highest BCUT2D eigenvalue weighted by Gasteiger charge is 2.06. The molecule has 1 amide bonds. The van der Waals surface area contributed by atoms with Crippen LogP contribution in [0.15, 0.2) is 29.2 Å². The highest BCUT2D eigenvalue weighted by atomic mass is 32.2. The lowest BCUT2D eigenvalue weighted by Gasteiger charge is -2.13. The van der Waals surface area contributed by atoms with E-state index in [0.29, 0.717) is 6.61 Å². The SMILES string of the molecule is COCC(C)NC(=O)CNc1cccc(SC)c1. The Morgan fingerprint density at radius 1 is 1.50 bits per heavy atom. The minimum atomic E-state index is -0.0332. The molecule has 0 saturated heterocycles. The summed E-state index contributed by atoms with van der Waals surface area (Å²) in [5.74, 6) is -0.0332. The number of rotatable bonds is 7. The molecule has 0 heterocycles. The fourth-order valence-corrected chi connectivity index (χ4v) is 1.99. The largest absolute Gasteiger partial charge is 0.383 e. The normalized spacial score (nSPS) is 11.9. The summed E-state index contributed by atoms with van der Waals surface area (Å²) in [6.45, 7) is 2.70. The number of methoxy groups -OCH3 is 1. The van der Waals surface area contributed by atoms with Crippen LogP contribution in [0.1, 0.15) is 6.92 Å². The number of hydrogen-bond acceptors (Lipinski definition) is 4. The van der Waals surface area contributed by atoms with E-state index in [1.54, 1.807) is 18.9 Å². The van der Waals surface area contributed by atoms with Crippen molar-refractivity contribution < 1.29 is 9.53 Å². The molecule has 0 bridgehead atoms. The van der Waals surface area contributed by atoms with Crippen molar-refractivity contribution in [2.24, 2.45) is 0 Å². The van der Waals surface area contributed by atoms with Gasteiger partial charge in [0, 0.05) is 23.7 Å². The van der Waals surface area contributed by atoms with Crippen molar-refractivity contribution in [3.8, 4) is 0 Å². The molecule has 0 aliphatic heterocycles. The van der Waals surface area contributed by atoms with E-state index in [4.69, 9.17) is 4.74 Å². The lowest BCUT2D eigenvalue weighted by atomic mass is 10.3. The third-order valence-electron chi connectivity index (χ3n) is 2.35. The lowest BCUT2D eigenvalue weighted by Crippen LogP contribution is -2.39. The summed E-state index contributed by atoms with van der Waals surface area (Å²) in [7, 11) is 1.62. The zero-order valence-corrected chi connectivity index (χ0v) is 11.8. The van der Waals surface area contributed by atoms with Gasteiger partial charge in [-0.3, -0.25) is 4.79 Å². The van der Waals surface area contributed by atoms with Crippen LogP contribution in [0.25, 0.3) is 0 Å².